The number of halogens is 4. The van der Waals surface area contributed by atoms with Gasteiger partial charge in [0.1, 0.15) is 5.75 Å². The Balaban J connectivity index is 2.29. The van der Waals surface area contributed by atoms with Gasteiger partial charge in [0.05, 0.1) is 24.0 Å². The fraction of sp³-hybridized carbons (Fsp3) is 0.467. The topological polar surface area (TPSA) is 66.8 Å². The summed E-state index contributed by atoms with van der Waals surface area (Å²) in [6, 6.07) is 4.17. The molecule has 5 nitrogen and oxygen atoms in total. The van der Waals surface area contributed by atoms with E-state index in [9.17, 15) is 22.8 Å². The molecule has 1 saturated heterocycles. The second kappa shape index (κ2) is 6.88. The number of carbonyl (C=O) groups excluding carboxylic acids is 1. The summed E-state index contributed by atoms with van der Waals surface area (Å²) in [5.41, 5.74) is 0.0493. The van der Waals surface area contributed by atoms with Crippen LogP contribution in [0.15, 0.2) is 18.2 Å². The summed E-state index contributed by atoms with van der Waals surface area (Å²) in [5.74, 6) is -5.92. The Bertz CT molecular complexity index is 650. The molecule has 1 N–H and O–H groups in total. The molecule has 0 unspecified atom stereocenters. The summed E-state index contributed by atoms with van der Waals surface area (Å²) in [6.45, 7) is 0.717. The number of ether oxygens (including phenoxy) is 1. The van der Waals surface area contributed by atoms with Gasteiger partial charge in [0.2, 0.25) is 0 Å². The number of alkyl halides is 3. The van der Waals surface area contributed by atoms with Crippen LogP contribution in [0.4, 0.5) is 13.2 Å². The van der Waals surface area contributed by atoms with Crippen LogP contribution >= 0.6 is 11.6 Å². The molecule has 2 rings (SSSR count). The molecule has 24 heavy (non-hydrogen) atoms. The predicted octanol–water partition coefficient (Wildman–Crippen LogP) is 3.07. The van der Waals surface area contributed by atoms with E-state index in [4.69, 9.17) is 21.4 Å². The van der Waals surface area contributed by atoms with Gasteiger partial charge in [-0.1, -0.05) is 11.6 Å². The number of carboxylic acid groups (broad SMARTS) is 1. The summed E-state index contributed by atoms with van der Waals surface area (Å²) in [7, 11) is 0. The number of amides is 1. The fourth-order valence-electron chi connectivity index (χ4n) is 2.67. The summed E-state index contributed by atoms with van der Waals surface area (Å²) in [6.07, 6.45) is -4.69. The molecule has 0 saturated carbocycles. The molecule has 1 aromatic rings. The molecular weight excluding hydrogens is 351 g/mol. The van der Waals surface area contributed by atoms with Crippen LogP contribution in [0.3, 0.4) is 0 Å². The first-order valence-electron chi connectivity index (χ1n) is 7.16. The van der Waals surface area contributed by atoms with E-state index in [1.54, 1.807) is 6.92 Å². The summed E-state index contributed by atoms with van der Waals surface area (Å²) in [4.78, 5) is 24.5. The summed E-state index contributed by atoms with van der Waals surface area (Å²) < 4.78 is 44.4. The van der Waals surface area contributed by atoms with E-state index in [2.05, 4.69) is 0 Å². The maximum Gasteiger partial charge on any atom is 0.394 e. The van der Waals surface area contributed by atoms with E-state index in [1.807, 2.05) is 0 Å². The lowest BCUT2D eigenvalue weighted by atomic mass is 9.96. The van der Waals surface area contributed by atoms with Crippen LogP contribution in [0.25, 0.3) is 0 Å². The normalized spacial score (nSPS) is 21.0. The third-order valence-corrected chi connectivity index (χ3v) is 4.05. The van der Waals surface area contributed by atoms with E-state index >= 15 is 0 Å². The van der Waals surface area contributed by atoms with Gasteiger partial charge in [0, 0.05) is 18.1 Å². The number of nitrogens with zero attached hydrogens (tertiary/aromatic N) is 1. The molecule has 9 heteroatoms. The molecule has 1 amide bonds. The third kappa shape index (κ3) is 3.75. The van der Waals surface area contributed by atoms with Crippen LogP contribution < -0.4 is 4.74 Å². The first kappa shape index (κ1) is 18.4. The van der Waals surface area contributed by atoms with Crippen LogP contribution in [0.1, 0.15) is 17.3 Å². The smallest absolute Gasteiger partial charge is 0.394 e. The number of likely N-dealkylation sites (tertiary alicyclic amines) is 1. The van der Waals surface area contributed by atoms with Crippen LogP contribution in [0.5, 0.6) is 5.75 Å². The van der Waals surface area contributed by atoms with Crippen molar-refractivity contribution in [3.8, 4) is 5.75 Å². The second-order valence-electron chi connectivity index (χ2n) is 5.38. The number of rotatable bonds is 4. The van der Waals surface area contributed by atoms with Gasteiger partial charge in [-0.15, -0.1) is 0 Å². The van der Waals surface area contributed by atoms with Gasteiger partial charge in [0.25, 0.3) is 5.91 Å². The molecule has 1 fully saturated rings. The summed E-state index contributed by atoms with van der Waals surface area (Å²) in [5, 5.41) is 9.33. The first-order valence-corrected chi connectivity index (χ1v) is 7.54. The van der Waals surface area contributed by atoms with Crippen molar-refractivity contribution < 1.29 is 32.6 Å². The number of carbonyl (C=O) groups is 2. The van der Waals surface area contributed by atoms with Crippen molar-refractivity contribution in [2.24, 2.45) is 11.8 Å². The molecule has 1 aliphatic rings. The second-order valence-corrected chi connectivity index (χ2v) is 5.81. The molecule has 1 aliphatic heterocycles. The number of hydrogen-bond donors (Lipinski definition) is 1. The Morgan fingerprint density at radius 3 is 2.54 bits per heavy atom. The Morgan fingerprint density at radius 1 is 1.38 bits per heavy atom. The molecule has 0 radical (unpaired) electrons. The highest BCUT2D eigenvalue weighted by molar-refractivity contribution is 6.30. The van der Waals surface area contributed by atoms with E-state index < -0.39 is 43.0 Å². The van der Waals surface area contributed by atoms with Crippen LogP contribution in [0, 0.1) is 11.8 Å². The van der Waals surface area contributed by atoms with Gasteiger partial charge in [0.15, 0.2) is 0 Å². The lowest BCUT2D eigenvalue weighted by Crippen LogP contribution is -2.34. The van der Waals surface area contributed by atoms with Crippen molar-refractivity contribution in [3.05, 3.63) is 28.8 Å². The number of aliphatic carboxylic acids is 1. The van der Waals surface area contributed by atoms with Crippen molar-refractivity contribution in [1.82, 2.24) is 4.90 Å². The van der Waals surface area contributed by atoms with Crippen molar-refractivity contribution >= 4 is 23.5 Å². The average molecular weight is 366 g/mol. The minimum Gasteiger partial charge on any atom is -0.493 e. The quantitative estimate of drug-likeness (QED) is 0.890. The van der Waals surface area contributed by atoms with Crippen LogP contribution in [-0.4, -0.2) is 47.8 Å². The minimum absolute atomic E-state index is 0.0493. The van der Waals surface area contributed by atoms with E-state index in [0.717, 1.165) is 4.90 Å². The highest BCUT2D eigenvalue weighted by Gasteiger charge is 2.53. The zero-order chi connectivity index (χ0) is 18.1. The lowest BCUT2D eigenvalue weighted by Gasteiger charge is -2.19. The fourth-order valence-corrected chi connectivity index (χ4v) is 2.83. The van der Waals surface area contributed by atoms with Gasteiger partial charge < -0.3 is 14.7 Å². The van der Waals surface area contributed by atoms with Crippen molar-refractivity contribution in [2.75, 3.05) is 19.7 Å². The Kier molecular flexibility index (Phi) is 5.27. The van der Waals surface area contributed by atoms with Crippen molar-refractivity contribution in [1.29, 1.82) is 0 Å². The molecular formula is C15H15ClF3NO4. The number of carboxylic acids is 1. The van der Waals surface area contributed by atoms with Gasteiger partial charge in [-0.3, -0.25) is 9.59 Å². The van der Waals surface area contributed by atoms with Crippen LogP contribution in [-0.2, 0) is 4.79 Å². The molecule has 0 aliphatic carbocycles. The molecule has 1 aromatic carbocycles. The van der Waals surface area contributed by atoms with Crippen molar-refractivity contribution in [3.63, 3.8) is 0 Å². The van der Waals surface area contributed by atoms with E-state index in [0.29, 0.717) is 5.02 Å². The van der Waals surface area contributed by atoms with Gasteiger partial charge in [-0.05, 0) is 25.1 Å². The highest BCUT2D eigenvalue weighted by Crippen LogP contribution is 2.38. The largest absolute Gasteiger partial charge is 0.493 e. The Labute approximate surface area is 141 Å². The monoisotopic (exact) mass is 365 g/mol. The molecule has 0 aromatic heterocycles. The molecule has 2 atom stereocenters. The highest BCUT2D eigenvalue weighted by atomic mass is 35.5. The zero-order valence-electron chi connectivity index (χ0n) is 12.6. The van der Waals surface area contributed by atoms with Gasteiger partial charge >= 0.3 is 12.1 Å². The number of hydrogen-bond acceptors (Lipinski definition) is 3. The Hall–Kier alpha value is -1.96. The number of benzene rings is 1. The van der Waals surface area contributed by atoms with Gasteiger partial charge in [-0.25, -0.2) is 0 Å². The lowest BCUT2D eigenvalue weighted by molar-refractivity contribution is -0.187. The van der Waals surface area contributed by atoms with Gasteiger partial charge in [-0.2, -0.15) is 13.2 Å². The molecule has 0 spiro atoms. The van der Waals surface area contributed by atoms with Crippen molar-refractivity contribution in [2.45, 2.75) is 13.1 Å². The first-order chi connectivity index (χ1) is 11.1. The summed E-state index contributed by atoms with van der Waals surface area (Å²) >= 11 is 5.83. The minimum atomic E-state index is -4.69. The standard InChI is InChI=1S/C15H15ClF3NO4/c1-2-24-12-5-8(16)3-4-9(12)13(21)20-6-10(14(22)23)11(7-20)15(17,18)19/h3-5,10-11H,2,6-7H2,1H3,(H,22,23)/t10-,11-/m1/s1. The predicted molar refractivity (Wildman–Crippen MR) is 79.2 cm³/mol. The molecule has 1 heterocycles. The maximum absolute atomic E-state index is 13.0. The van der Waals surface area contributed by atoms with E-state index in [-0.39, 0.29) is 17.9 Å². The average Bonchev–Trinajstić information content (AvgIpc) is 2.92. The zero-order valence-corrected chi connectivity index (χ0v) is 13.4. The molecule has 0 bridgehead atoms. The molecule has 132 valence electrons. The third-order valence-electron chi connectivity index (χ3n) is 3.82. The van der Waals surface area contributed by atoms with Crippen LogP contribution in [0.2, 0.25) is 5.02 Å². The Morgan fingerprint density at radius 2 is 2.04 bits per heavy atom. The maximum atomic E-state index is 13.0. The SMILES string of the molecule is CCOc1cc(Cl)ccc1C(=O)N1C[C@@H](C(F)(F)F)[C@H](C(=O)O)C1. The van der Waals surface area contributed by atoms with E-state index in [1.165, 1.54) is 18.2 Å².